The van der Waals surface area contributed by atoms with Crippen LogP contribution in [-0.2, 0) is 10.5 Å². The van der Waals surface area contributed by atoms with Crippen LogP contribution in [0, 0.1) is 6.33 Å². The van der Waals surface area contributed by atoms with Crippen molar-refractivity contribution < 1.29 is 19.4 Å². The van der Waals surface area contributed by atoms with E-state index >= 15 is 0 Å². The summed E-state index contributed by atoms with van der Waals surface area (Å²) in [6.45, 7) is 0.827. The normalized spacial score (nSPS) is 17.9. The van der Waals surface area contributed by atoms with Gasteiger partial charge in [0.05, 0.1) is 23.3 Å². The molecule has 1 amide bonds. The summed E-state index contributed by atoms with van der Waals surface area (Å²) in [6, 6.07) is 19.6. The van der Waals surface area contributed by atoms with E-state index in [0.29, 0.717) is 46.9 Å². The van der Waals surface area contributed by atoms with Gasteiger partial charge < -0.3 is 19.6 Å². The van der Waals surface area contributed by atoms with Crippen molar-refractivity contribution in [2.24, 2.45) is 0 Å². The van der Waals surface area contributed by atoms with Gasteiger partial charge in [0.1, 0.15) is 12.4 Å². The van der Waals surface area contributed by atoms with Crippen LogP contribution in [0.4, 0.5) is 5.69 Å². The van der Waals surface area contributed by atoms with Crippen molar-refractivity contribution in [2.45, 2.75) is 5.72 Å². The molecule has 31 heavy (non-hydrogen) atoms. The van der Waals surface area contributed by atoms with Crippen LogP contribution in [0.5, 0.6) is 5.75 Å². The minimum absolute atomic E-state index is 0.291. The topological polar surface area (TPSA) is 87.7 Å². The molecule has 2 heterocycles. The molecule has 0 saturated heterocycles. The minimum atomic E-state index is -1.70. The lowest BCUT2D eigenvalue weighted by Crippen LogP contribution is -2.45. The Balaban J connectivity index is 1.65. The fourth-order valence-electron chi connectivity index (χ4n) is 4.00. The molecule has 155 valence electrons. The maximum atomic E-state index is 13.4. The summed E-state index contributed by atoms with van der Waals surface area (Å²) in [5, 5.41) is 12.1. The Kier molecular flexibility index (Phi) is 4.69. The summed E-state index contributed by atoms with van der Waals surface area (Å²) in [4.78, 5) is 22.0. The molecule has 0 saturated carbocycles. The van der Waals surface area contributed by atoms with Crippen LogP contribution in [-0.4, -0.2) is 41.3 Å². The van der Waals surface area contributed by atoms with Crippen molar-refractivity contribution >= 4 is 22.6 Å². The molecule has 1 unspecified atom stereocenters. The summed E-state index contributed by atoms with van der Waals surface area (Å²) in [7, 11) is 1.61. The van der Waals surface area contributed by atoms with E-state index in [2.05, 4.69) is 16.3 Å². The van der Waals surface area contributed by atoms with Gasteiger partial charge in [-0.15, -0.1) is 0 Å². The number of nitrogens with one attached hydrogen (secondary N) is 1. The second kappa shape index (κ2) is 7.54. The molecule has 2 N–H and O–H groups in total. The number of methoxy groups -OCH3 is 1. The van der Waals surface area contributed by atoms with Gasteiger partial charge in [-0.25, -0.2) is 4.98 Å². The van der Waals surface area contributed by atoms with E-state index in [1.807, 2.05) is 12.1 Å². The molecule has 1 aromatic heterocycles. The van der Waals surface area contributed by atoms with Crippen LogP contribution in [0.1, 0.15) is 21.5 Å². The highest BCUT2D eigenvalue weighted by Gasteiger charge is 2.50. The molecule has 7 nitrogen and oxygen atoms in total. The number of rotatable bonds is 6. The third kappa shape index (κ3) is 3.06. The molecule has 0 spiro atoms. The number of fused-ring (bicyclic) bond motifs is 2. The number of nitrogens with zero attached hydrogens (tertiary/aromatic N) is 2. The standard InChI is InChI=1S/C24H20N3O4/c1-30-11-12-31-18-6-4-5-17(14-18)27-23(28)19-7-2-3-8-20(19)24(27,29)16-9-10-21-22(13-16)26-15-25-21/h2-10,13-14,29H,11-12H2,1H3,(H,25,26). The first-order chi connectivity index (χ1) is 15.1. The fraction of sp³-hybridized carbons (Fsp3) is 0.167. The van der Waals surface area contributed by atoms with Crippen molar-refractivity contribution in [3.05, 3.63) is 89.7 Å². The van der Waals surface area contributed by atoms with Crippen LogP contribution in [0.3, 0.4) is 0 Å². The number of amides is 1. The monoisotopic (exact) mass is 414 g/mol. The van der Waals surface area contributed by atoms with E-state index in [1.54, 1.807) is 61.7 Å². The van der Waals surface area contributed by atoms with Gasteiger partial charge in [0.15, 0.2) is 12.1 Å². The molecular formula is C24H20N3O4. The summed E-state index contributed by atoms with van der Waals surface area (Å²) in [6.07, 6.45) is 2.71. The maximum Gasteiger partial charge on any atom is 0.261 e. The first-order valence-electron chi connectivity index (χ1n) is 9.87. The van der Waals surface area contributed by atoms with Gasteiger partial charge in [0.25, 0.3) is 5.91 Å². The number of hydrogen-bond acceptors (Lipinski definition) is 5. The Hall–Kier alpha value is -3.68. The Bertz CT molecular complexity index is 1270. The molecular weight excluding hydrogens is 394 g/mol. The first kappa shape index (κ1) is 19.3. The van der Waals surface area contributed by atoms with Crippen molar-refractivity contribution in [1.82, 2.24) is 9.97 Å². The first-order valence-corrected chi connectivity index (χ1v) is 9.87. The summed E-state index contributed by atoms with van der Waals surface area (Å²) in [5.74, 6) is 0.291. The van der Waals surface area contributed by atoms with Gasteiger partial charge in [-0.05, 0) is 30.3 Å². The number of carbonyl (C=O) groups excluding carboxylic acids is 1. The second-order valence-electron chi connectivity index (χ2n) is 7.28. The lowest BCUT2D eigenvalue weighted by Gasteiger charge is -2.35. The van der Waals surface area contributed by atoms with E-state index in [4.69, 9.17) is 9.47 Å². The number of aliphatic hydroxyl groups is 1. The van der Waals surface area contributed by atoms with E-state index in [1.165, 1.54) is 4.90 Å². The SMILES string of the molecule is COCCOc1cccc(N2C(=O)c3ccccc3C2(O)c2ccc3[nH][c]nc3c2)c1. The van der Waals surface area contributed by atoms with E-state index in [9.17, 15) is 9.90 Å². The van der Waals surface area contributed by atoms with Gasteiger partial charge >= 0.3 is 0 Å². The van der Waals surface area contributed by atoms with Crippen molar-refractivity contribution in [1.29, 1.82) is 0 Å². The Morgan fingerprint density at radius 2 is 1.97 bits per heavy atom. The van der Waals surface area contributed by atoms with E-state index in [0.717, 1.165) is 5.52 Å². The Morgan fingerprint density at radius 1 is 1.10 bits per heavy atom. The summed E-state index contributed by atoms with van der Waals surface area (Å²) < 4.78 is 10.7. The number of ether oxygens (including phenoxy) is 2. The predicted molar refractivity (Wildman–Crippen MR) is 115 cm³/mol. The molecule has 0 fully saturated rings. The van der Waals surface area contributed by atoms with Crippen LogP contribution in [0.2, 0.25) is 0 Å². The molecule has 5 rings (SSSR count). The largest absolute Gasteiger partial charge is 0.491 e. The molecule has 1 radical (unpaired) electrons. The number of aromatic amines is 1. The highest BCUT2D eigenvalue weighted by molar-refractivity contribution is 6.12. The zero-order valence-electron chi connectivity index (χ0n) is 16.8. The maximum absolute atomic E-state index is 13.4. The number of anilines is 1. The summed E-state index contributed by atoms with van der Waals surface area (Å²) in [5.41, 5.74) is 1.77. The Labute approximate surface area is 178 Å². The highest BCUT2D eigenvalue weighted by atomic mass is 16.5. The van der Waals surface area contributed by atoms with Crippen molar-refractivity contribution in [3.8, 4) is 5.75 Å². The number of H-pyrrole nitrogens is 1. The van der Waals surface area contributed by atoms with Crippen LogP contribution >= 0.6 is 0 Å². The highest BCUT2D eigenvalue weighted by Crippen LogP contribution is 2.45. The number of hydrogen-bond donors (Lipinski definition) is 2. The quantitative estimate of drug-likeness (QED) is 0.473. The molecule has 1 atom stereocenters. The van der Waals surface area contributed by atoms with Crippen molar-refractivity contribution in [3.63, 3.8) is 0 Å². The number of imidazole rings is 1. The molecule has 4 aromatic rings. The molecule has 0 bridgehead atoms. The lowest BCUT2D eigenvalue weighted by molar-refractivity contribution is 0.0703. The number of carbonyl (C=O) groups is 1. The minimum Gasteiger partial charge on any atom is -0.491 e. The average molecular weight is 414 g/mol. The Morgan fingerprint density at radius 3 is 2.84 bits per heavy atom. The average Bonchev–Trinajstić information content (AvgIpc) is 3.35. The van der Waals surface area contributed by atoms with Crippen LogP contribution < -0.4 is 9.64 Å². The fourth-order valence-corrected chi connectivity index (χ4v) is 4.00. The zero-order valence-corrected chi connectivity index (χ0v) is 16.8. The third-order valence-electron chi connectivity index (χ3n) is 5.46. The van der Waals surface area contributed by atoms with Gasteiger partial charge in [-0.1, -0.05) is 30.3 Å². The predicted octanol–water partition coefficient (Wildman–Crippen LogP) is 3.24. The molecule has 1 aliphatic heterocycles. The van der Waals surface area contributed by atoms with Gasteiger partial charge in [0, 0.05) is 29.9 Å². The zero-order chi connectivity index (χ0) is 21.4. The third-order valence-corrected chi connectivity index (χ3v) is 5.46. The molecule has 3 aromatic carbocycles. The van der Waals surface area contributed by atoms with Gasteiger partial charge in [-0.2, -0.15) is 0 Å². The number of benzene rings is 3. The van der Waals surface area contributed by atoms with E-state index < -0.39 is 5.72 Å². The molecule has 0 aliphatic carbocycles. The van der Waals surface area contributed by atoms with Gasteiger partial charge in [0.2, 0.25) is 0 Å². The smallest absolute Gasteiger partial charge is 0.261 e. The van der Waals surface area contributed by atoms with Crippen molar-refractivity contribution in [2.75, 3.05) is 25.2 Å². The molecule has 7 heteroatoms. The van der Waals surface area contributed by atoms with Crippen LogP contribution in [0.15, 0.2) is 66.7 Å². The summed E-state index contributed by atoms with van der Waals surface area (Å²) >= 11 is 0. The van der Waals surface area contributed by atoms with Crippen LogP contribution in [0.25, 0.3) is 11.0 Å². The number of aromatic nitrogens is 2. The van der Waals surface area contributed by atoms with E-state index in [-0.39, 0.29) is 5.91 Å². The second-order valence-corrected chi connectivity index (χ2v) is 7.28. The molecule has 1 aliphatic rings. The lowest BCUT2D eigenvalue weighted by atomic mass is 9.93. The van der Waals surface area contributed by atoms with Gasteiger partial charge in [-0.3, -0.25) is 9.69 Å².